The third kappa shape index (κ3) is 2.70. The van der Waals surface area contributed by atoms with E-state index in [0.717, 1.165) is 12.0 Å². The maximum absolute atomic E-state index is 12.1. The molecule has 0 heterocycles. The molecule has 1 amide bonds. The van der Waals surface area contributed by atoms with Crippen LogP contribution in [0, 0.1) is 16.7 Å². The first-order valence-electron chi connectivity index (χ1n) is 6.16. The Bertz CT molecular complexity index is 547. The lowest BCUT2D eigenvalue weighted by Gasteiger charge is -2.34. The van der Waals surface area contributed by atoms with Crippen LogP contribution in [-0.2, 0) is 4.79 Å². The van der Waals surface area contributed by atoms with E-state index in [4.69, 9.17) is 28.5 Å². The summed E-state index contributed by atoms with van der Waals surface area (Å²) < 4.78 is 0. The van der Waals surface area contributed by atoms with Gasteiger partial charge in [0, 0.05) is 10.0 Å². The number of nitrogens with zero attached hydrogens (tertiary/aromatic N) is 1. The Morgan fingerprint density at radius 1 is 1.47 bits per heavy atom. The highest BCUT2D eigenvalue weighted by Gasteiger charge is 2.45. The molecule has 0 saturated heterocycles. The minimum Gasteiger partial charge on any atom is -0.348 e. The van der Waals surface area contributed by atoms with Gasteiger partial charge < -0.3 is 5.32 Å². The summed E-state index contributed by atoms with van der Waals surface area (Å²) in [6.45, 7) is 1.83. The van der Waals surface area contributed by atoms with Crippen LogP contribution in [0.1, 0.15) is 37.8 Å². The first-order valence-corrected chi connectivity index (χ1v) is 6.91. The Labute approximate surface area is 122 Å². The average molecular weight is 297 g/mol. The molecule has 0 radical (unpaired) electrons. The molecule has 0 aromatic heterocycles. The summed E-state index contributed by atoms with van der Waals surface area (Å²) in [7, 11) is 0. The van der Waals surface area contributed by atoms with E-state index in [1.54, 1.807) is 18.2 Å². The van der Waals surface area contributed by atoms with Gasteiger partial charge >= 0.3 is 0 Å². The van der Waals surface area contributed by atoms with Gasteiger partial charge in [-0.3, -0.25) is 4.79 Å². The lowest BCUT2D eigenvalue weighted by Crippen LogP contribution is -2.45. The smallest absolute Gasteiger partial charge is 0.240 e. The van der Waals surface area contributed by atoms with Gasteiger partial charge in [-0.25, -0.2) is 0 Å². The van der Waals surface area contributed by atoms with Gasteiger partial charge in [-0.2, -0.15) is 5.26 Å². The number of hydrogen-bond donors (Lipinski definition) is 1. The highest BCUT2D eigenvalue weighted by molar-refractivity contribution is 6.33. The topological polar surface area (TPSA) is 52.9 Å². The van der Waals surface area contributed by atoms with Crippen LogP contribution in [0.15, 0.2) is 18.2 Å². The molecule has 5 heteroatoms. The van der Waals surface area contributed by atoms with E-state index in [9.17, 15) is 4.79 Å². The number of nitriles is 1. The van der Waals surface area contributed by atoms with E-state index in [1.165, 1.54) is 0 Å². The number of amides is 1. The largest absolute Gasteiger partial charge is 0.348 e. The van der Waals surface area contributed by atoms with Crippen molar-refractivity contribution in [1.82, 2.24) is 5.32 Å². The second-order valence-electron chi connectivity index (χ2n) is 4.91. The molecule has 0 bridgehead atoms. The zero-order valence-electron chi connectivity index (χ0n) is 10.5. The highest BCUT2D eigenvalue weighted by Crippen LogP contribution is 2.41. The molecule has 3 nitrogen and oxygen atoms in total. The van der Waals surface area contributed by atoms with Crippen LogP contribution in [0.5, 0.6) is 0 Å². The van der Waals surface area contributed by atoms with Gasteiger partial charge in [0.2, 0.25) is 5.91 Å². The zero-order valence-corrected chi connectivity index (χ0v) is 12.1. The normalized spacial score (nSPS) is 18.0. The first-order chi connectivity index (χ1) is 8.98. The van der Waals surface area contributed by atoms with Gasteiger partial charge in [-0.1, -0.05) is 23.2 Å². The summed E-state index contributed by atoms with van der Waals surface area (Å²) in [5.74, 6) is -0.218. The number of rotatable bonds is 3. The number of halogens is 2. The van der Waals surface area contributed by atoms with Gasteiger partial charge in [-0.05, 0) is 49.9 Å². The Morgan fingerprint density at radius 3 is 2.68 bits per heavy atom. The number of benzene rings is 1. The van der Waals surface area contributed by atoms with Crippen LogP contribution in [0.25, 0.3) is 0 Å². The second-order valence-corrected chi connectivity index (χ2v) is 5.75. The third-order valence-corrected chi connectivity index (χ3v) is 4.21. The highest BCUT2D eigenvalue weighted by atomic mass is 35.5. The maximum Gasteiger partial charge on any atom is 0.240 e. The van der Waals surface area contributed by atoms with Gasteiger partial charge in [0.25, 0.3) is 0 Å². The quantitative estimate of drug-likeness (QED) is 0.921. The lowest BCUT2D eigenvalue weighted by molar-refractivity contribution is -0.132. The van der Waals surface area contributed by atoms with Crippen molar-refractivity contribution >= 4 is 29.1 Å². The summed E-state index contributed by atoms with van der Waals surface area (Å²) in [6, 6.07) is 6.98. The Kier molecular flexibility index (Phi) is 4.03. The molecule has 100 valence electrons. The predicted octanol–water partition coefficient (Wildman–Crippen LogP) is 3.86. The van der Waals surface area contributed by atoms with E-state index in [2.05, 4.69) is 11.4 Å². The molecule has 0 aliphatic heterocycles. The van der Waals surface area contributed by atoms with E-state index in [0.29, 0.717) is 22.9 Å². The van der Waals surface area contributed by atoms with Crippen molar-refractivity contribution in [3.63, 3.8) is 0 Å². The van der Waals surface area contributed by atoms with Gasteiger partial charge in [0.15, 0.2) is 0 Å². The molecule has 1 aliphatic carbocycles. The maximum atomic E-state index is 12.1. The first kappa shape index (κ1) is 14.2. The third-order valence-electron chi connectivity index (χ3n) is 3.63. The molecule has 1 atom stereocenters. The molecule has 2 rings (SSSR count). The standard InChI is InChI=1S/C14H14Cl2N2O/c1-9(11-7-10(15)3-4-12(11)16)18-13(19)14(8-17)5-2-6-14/h3-4,7,9H,2,5-6H2,1H3,(H,18,19). The molecule has 1 unspecified atom stereocenters. The van der Waals surface area contributed by atoms with Crippen LogP contribution >= 0.6 is 23.2 Å². The van der Waals surface area contributed by atoms with Crippen molar-refractivity contribution in [2.24, 2.45) is 5.41 Å². The fourth-order valence-electron chi connectivity index (χ4n) is 2.18. The fraction of sp³-hybridized carbons (Fsp3) is 0.429. The summed E-state index contributed by atoms with van der Waals surface area (Å²) in [5.41, 5.74) is -0.0887. The summed E-state index contributed by atoms with van der Waals surface area (Å²) in [4.78, 5) is 12.1. The Hall–Kier alpha value is -1.24. The van der Waals surface area contributed by atoms with E-state index in [-0.39, 0.29) is 11.9 Å². The van der Waals surface area contributed by atoms with Crippen LogP contribution in [0.2, 0.25) is 10.0 Å². The molecule has 1 N–H and O–H groups in total. The van der Waals surface area contributed by atoms with Crippen molar-refractivity contribution in [2.75, 3.05) is 0 Å². The summed E-state index contributed by atoms with van der Waals surface area (Å²) >= 11 is 12.0. The Morgan fingerprint density at radius 2 is 2.16 bits per heavy atom. The molecular weight excluding hydrogens is 283 g/mol. The van der Waals surface area contributed by atoms with Crippen LogP contribution < -0.4 is 5.32 Å². The summed E-state index contributed by atoms with van der Waals surface area (Å²) in [5, 5.41) is 13.1. The minimum atomic E-state index is -0.848. The van der Waals surface area contributed by atoms with Gasteiger partial charge in [0.05, 0.1) is 12.1 Å². The molecule has 1 fully saturated rings. The SMILES string of the molecule is CC(NC(=O)C1(C#N)CCC1)c1cc(Cl)ccc1Cl. The van der Waals surface area contributed by atoms with Crippen molar-refractivity contribution in [3.8, 4) is 6.07 Å². The van der Waals surface area contributed by atoms with E-state index in [1.807, 2.05) is 6.92 Å². The van der Waals surface area contributed by atoms with E-state index >= 15 is 0 Å². The second kappa shape index (κ2) is 5.40. The molecular formula is C14H14Cl2N2O. The van der Waals surface area contributed by atoms with Gasteiger partial charge in [-0.15, -0.1) is 0 Å². The number of nitrogens with one attached hydrogen (secondary N) is 1. The average Bonchev–Trinajstić information content (AvgIpc) is 2.31. The van der Waals surface area contributed by atoms with Crippen molar-refractivity contribution in [3.05, 3.63) is 33.8 Å². The lowest BCUT2D eigenvalue weighted by atomic mass is 9.69. The Balaban J connectivity index is 2.13. The van der Waals surface area contributed by atoms with Crippen molar-refractivity contribution in [2.45, 2.75) is 32.2 Å². The molecule has 0 spiro atoms. The number of hydrogen-bond acceptors (Lipinski definition) is 2. The molecule has 19 heavy (non-hydrogen) atoms. The van der Waals surface area contributed by atoms with Crippen molar-refractivity contribution in [1.29, 1.82) is 5.26 Å². The van der Waals surface area contributed by atoms with Gasteiger partial charge in [0.1, 0.15) is 5.41 Å². The monoisotopic (exact) mass is 296 g/mol. The predicted molar refractivity (Wildman–Crippen MR) is 74.9 cm³/mol. The molecule has 1 aromatic rings. The van der Waals surface area contributed by atoms with E-state index < -0.39 is 5.41 Å². The summed E-state index contributed by atoms with van der Waals surface area (Å²) in [6.07, 6.45) is 2.18. The molecule has 1 aliphatic rings. The molecule has 1 saturated carbocycles. The van der Waals surface area contributed by atoms with Crippen molar-refractivity contribution < 1.29 is 4.79 Å². The van der Waals surface area contributed by atoms with Crippen LogP contribution in [0.3, 0.4) is 0 Å². The minimum absolute atomic E-state index is 0.218. The number of carbonyl (C=O) groups excluding carboxylic acids is 1. The van der Waals surface area contributed by atoms with Crippen LogP contribution in [0.4, 0.5) is 0 Å². The fourth-order valence-corrected chi connectivity index (χ4v) is 2.64. The zero-order chi connectivity index (χ0) is 14.0. The van der Waals surface area contributed by atoms with Crippen LogP contribution in [-0.4, -0.2) is 5.91 Å². The molecule has 1 aromatic carbocycles. The number of carbonyl (C=O) groups is 1.